The molecule has 0 aliphatic carbocycles. The molecule has 0 radical (unpaired) electrons. The third kappa shape index (κ3) is 5.01. The van der Waals surface area contributed by atoms with Crippen molar-refractivity contribution in [2.45, 2.75) is 39.3 Å². The fourth-order valence-electron chi connectivity index (χ4n) is 2.49. The highest BCUT2D eigenvalue weighted by Gasteiger charge is 2.16. The van der Waals surface area contributed by atoms with Crippen molar-refractivity contribution in [3.05, 3.63) is 53.1 Å². The van der Waals surface area contributed by atoms with E-state index in [0.717, 1.165) is 16.7 Å². The molecule has 5 nitrogen and oxygen atoms in total. The van der Waals surface area contributed by atoms with E-state index >= 15 is 0 Å². The van der Waals surface area contributed by atoms with E-state index in [1.807, 2.05) is 64.1 Å². The van der Waals surface area contributed by atoms with Crippen LogP contribution in [0.4, 0.5) is 0 Å². The third-order valence-electron chi connectivity index (χ3n) is 3.85. The van der Waals surface area contributed by atoms with Crippen LogP contribution in [0.15, 0.2) is 47.0 Å². The van der Waals surface area contributed by atoms with E-state index in [-0.39, 0.29) is 18.5 Å². The van der Waals surface area contributed by atoms with Gasteiger partial charge in [0, 0.05) is 16.7 Å². The van der Waals surface area contributed by atoms with Crippen molar-refractivity contribution in [2.75, 3.05) is 0 Å². The van der Waals surface area contributed by atoms with E-state index in [0.29, 0.717) is 22.5 Å². The van der Waals surface area contributed by atoms with E-state index in [2.05, 4.69) is 10.1 Å². The first kappa shape index (κ1) is 21.2. The van der Waals surface area contributed by atoms with E-state index in [1.165, 1.54) is 0 Å². The monoisotopic (exact) mass is 407 g/mol. The molecule has 0 fully saturated rings. The van der Waals surface area contributed by atoms with Crippen LogP contribution in [0.1, 0.15) is 33.3 Å². The molecule has 3 aromatic rings. The van der Waals surface area contributed by atoms with Crippen molar-refractivity contribution < 1.29 is 9.26 Å². The fourth-order valence-corrected chi connectivity index (χ4v) is 2.71. The molecule has 1 heterocycles. The van der Waals surface area contributed by atoms with Gasteiger partial charge in [0.15, 0.2) is 0 Å². The maximum atomic E-state index is 6.28. The number of nitrogens with two attached hydrogens (primary N) is 1. The number of aromatic nitrogens is 2. The number of benzene rings is 2. The number of ether oxygens (including phenoxy) is 1. The zero-order valence-corrected chi connectivity index (χ0v) is 17.3. The summed E-state index contributed by atoms with van der Waals surface area (Å²) >= 11 is 6.28. The zero-order valence-electron chi connectivity index (χ0n) is 15.7. The van der Waals surface area contributed by atoms with Crippen LogP contribution in [0.3, 0.4) is 0 Å². The van der Waals surface area contributed by atoms with Crippen molar-refractivity contribution in [1.82, 2.24) is 10.1 Å². The molecule has 0 unspecified atom stereocenters. The topological polar surface area (TPSA) is 74.2 Å². The lowest BCUT2D eigenvalue weighted by molar-refractivity contribution is 0.242. The van der Waals surface area contributed by atoms with Crippen LogP contribution in [0, 0.1) is 0 Å². The van der Waals surface area contributed by atoms with Crippen LogP contribution in [0.25, 0.3) is 22.8 Å². The molecule has 144 valence electrons. The normalized spacial score (nSPS) is 11.4. The zero-order chi connectivity index (χ0) is 18.9. The average molecular weight is 408 g/mol. The van der Waals surface area contributed by atoms with Crippen LogP contribution in [0.2, 0.25) is 5.02 Å². The highest BCUT2D eigenvalue weighted by molar-refractivity contribution is 6.32. The van der Waals surface area contributed by atoms with Crippen molar-refractivity contribution in [2.24, 2.45) is 5.73 Å². The van der Waals surface area contributed by atoms with Gasteiger partial charge in [-0.15, -0.1) is 12.4 Å². The highest BCUT2D eigenvalue weighted by Crippen LogP contribution is 2.31. The lowest BCUT2D eigenvalue weighted by Crippen LogP contribution is -2.28. The van der Waals surface area contributed by atoms with E-state index < -0.39 is 5.54 Å². The Labute approximate surface area is 170 Å². The summed E-state index contributed by atoms with van der Waals surface area (Å²) in [6, 6.07) is 13.2. The summed E-state index contributed by atoms with van der Waals surface area (Å²) in [6.07, 6.45) is 0.0524. The minimum atomic E-state index is -0.394. The standard InChI is InChI=1S/C20H22ClN3O2.ClH/c1-12(2)25-17-10-7-14(11-16(17)21)18-23-19(26-24-18)13-5-8-15(9-6-13)20(3,4)22;/h5-12H,22H2,1-4H3;1H. The molecule has 0 amide bonds. The van der Waals surface area contributed by atoms with Crippen LogP contribution >= 0.6 is 24.0 Å². The minimum absolute atomic E-state index is 0. The Morgan fingerprint density at radius 3 is 2.26 bits per heavy atom. The molecule has 0 atom stereocenters. The molecular formula is C20H23Cl2N3O2. The van der Waals surface area contributed by atoms with Crippen molar-refractivity contribution in [3.63, 3.8) is 0 Å². The molecule has 27 heavy (non-hydrogen) atoms. The Kier molecular flexibility index (Phi) is 6.52. The lowest BCUT2D eigenvalue weighted by Gasteiger charge is -2.18. The van der Waals surface area contributed by atoms with Crippen LogP contribution in [-0.2, 0) is 5.54 Å². The molecule has 3 rings (SSSR count). The van der Waals surface area contributed by atoms with Crippen LogP contribution < -0.4 is 10.5 Å². The van der Waals surface area contributed by atoms with Gasteiger partial charge in [0.25, 0.3) is 5.89 Å². The number of rotatable bonds is 5. The minimum Gasteiger partial charge on any atom is -0.489 e. The first-order valence-corrected chi connectivity index (χ1v) is 8.82. The molecule has 0 saturated carbocycles. The largest absolute Gasteiger partial charge is 0.489 e. The van der Waals surface area contributed by atoms with Gasteiger partial charge in [-0.2, -0.15) is 4.98 Å². The predicted molar refractivity (Wildman–Crippen MR) is 110 cm³/mol. The van der Waals surface area contributed by atoms with Crippen LogP contribution in [0.5, 0.6) is 5.75 Å². The van der Waals surface area contributed by atoms with Gasteiger partial charge in [0.1, 0.15) is 5.75 Å². The molecule has 0 aliphatic rings. The van der Waals surface area contributed by atoms with E-state index in [1.54, 1.807) is 6.07 Å². The average Bonchev–Trinajstić information content (AvgIpc) is 3.06. The second-order valence-corrected chi connectivity index (χ2v) is 7.44. The Balaban J connectivity index is 0.00000261. The number of halogens is 2. The molecule has 0 aliphatic heterocycles. The summed E-state index contributed by atoms with van der Waals surface area (Å²) < 4.78 is 11.0. The second-order valence-electron chi connectivity index (χ2n) is 7.03. The molecule has 1 aromatic heterocycles. The molecule has 2 aromatic carbocycles. The van der Waals surface area contributed by atoms with E-state index in [9.17, 15) is 0 Å². The predicted octanol–water partition coefficient (Wildman–Crippen LogP) is 5.46. The Morgan fingerprint density at radius 1 is 1.07 bits per heavy atom. The Morgan fingerprint density at radius 2 is 1.70 bits per heavy atom. The van der Waals surface area contributed by atoms with Gasteiger partial charge >= 0.3 is 0 Å². The lowest BCUT2D eigenvalue weighted by atomic mass is 9.95. The summed E-state index contributed by atoms with van der Waals surface area (Å²) in [7, 11) is 0. The molecule has 2 N–H and O–H groups in total. The van der Waals surface area contributed by atoms with Crippen molar-refractivity contribution >= 4 is 24.0 Å². The maximum absolute atomic E-state index is 6.28. The van der Waals surface area contributed by atoms with Gasteiger partial charge in [-0.05, 0) is 63.6 Å². The Bertz CT molecular complexity index is 900. The van der Waals surface area contributed by atoms with Gasteiger partial charge in [-0.1, -0.05) is 28.9 Å². The molecule has 0 spiro atoms. The maximum Gasteiger partial charge on any atom is 0.258 e. The van der Waals surface area contributed by atoms with Crippen molar-refractivity contribution in [3.8, 4) is 28.6 Å². The smallest absolute Gasteiger partial charge is 0.258 e. The van der Waals surface area contributed by atoms with Gasteiger partial charge in [0.05, 0.1) is 11.1 Å². The summed E-state index contributed by atoms with van der Waals surface area (Å²) in [6.45, 7) is 7.83. The second kappa shape index (κ2) is 8.30. The van der Waals surface area contributed by atoms with Gasteiger partial charge in [-0.25, -0.2) is 0 Å². The SMILES string of the molecule is CC(C)Oc1ccc(-c2noc(-c3ccc(C(C)(C)N)cc3)n2)cc1Cl.Cl. The first-order valence-electron chi connectivity index (χ1n) is 8.44. The van der Waals surface area contributed by atoms with Gasteiger partial charge in [-0.3, -0.25) is 0 Å². The van der Waals surface area contributed by atoms with Crippen molar-refractivity contribution in [1.29, 1.82) is 0 Å². The number of nitrogens with zero attached hydrogens (tertiary/aromatic N) is 2. The summed E-state index contributed by atoms with van der Waals surface area (Å²) in [5.74, 6) is 1.55. The van der Waals surface area contributed by atoms with Gasteiger partial charge < -0.3 is 15.0 Å². The molecule has 7 heteroatoms. The fraction of sp³-hybridized carbons (Fsp3) is 0.300. The molecule has 0 saturated heterocycles. The quantitative estimate of drug-likeness (QED) is 0.607. The summed E-state index contributed by atoms with van der Waals surface area (Å²) in [5.41, 5.74) is 8.35. The Hall–Kier alpha value is -2.08. The molecule has 0 bridgehead atoms. The van der Waals surface area contributed by atoms with E-state index in [4.69, 9.17) is 26.6 Å². The van der Waals surface area contributed by atoms with Crippen LogP contribution in [-0.4, -0.2) is 16.2 Å². The highest BCUT2D eigenvalue weighted by atomic mass is 35.5. The van der Waals surface area contributed by atoms with Gasteiger partial charge in [0.2, 0.25) is 5.82 Å². The number of hydrogen-bond acceptors (Lipinski definition) is 5. The summed E-state index contributed by atoms with van der Waals surface area (Å²) in [5, 5.41) is 4.57. The third-order valence-corrected chi connectivity index (χ3v) is 4.15. The summed E-state index contributed by atoms with van der Waals surface area (Å²) in [4.78, 5) is 4.47. The first-order chi connectivity index (χ1) is 12.2. The molecular weight excluding hydrogens is 385 g/mol. The number of hydrogen-bond donors (Lipinski definition) is 1.